The van der Waals surface area contributed by atoms with Crippen molar-refractivity contribution in [3.63, 3.8) is 0 Å². The molecule has 0 heterocycles. The van der Waals surface area contributed by atoms with Gasteiger partial charge in [0, 0.05) is 25.8 Å². The molecular formula is C11H21NO4S. The van der Waals surface area contributed by atoms with Gasteiger partial charge in [-0.3, -0.25) is 4.79 Å². The maximum atomic E-state index is 11.4. The van der Waals surface area contributed by atoms with Gasteiger partial charge in [-0.1, -0.05) is 6.42 Å². The maximum Gasteiger partial charge on any atom is 0.221 e. The Morgan fingerprint density at radius 3 is 2.59 bits per heavy atom. The van der Waals surface area contributed by atoms with Crippen molar-refractivity contribution in [3.05, 3.63) is 0 Å². The number of amides is 1. The summed E-state index contributed by atoms with van der Waals surface area (Å²) < 4.78 is 21.8. The monoisotopic (exact) mass is 263 g/mol. The molecule has 0 radical (unpaired) electrons. The summed E-state index contributed by atoms with van der Waals surface area (Å²) in [6.45, 7) is 0.720. The van der Waals surface area contributed by atoms with Gasteiger partial charge in [0.1, 0.15) is 9.84 Å². The van der Waals surface area contributed by atoms with E-state index < -0.39 is 9.84 Å². The Kier molecular flexibility index (Phi) is 5.39. The Bertz CT molecular complexity index is 352. The van der Waals surface area contributed by atoms with E-state index in [0.29, 0.717) is 12.5 Å². The maximum absolute atomic E-state index is 11.4. The molecule has 100 valence electrons. The fourth-order valence-electron chi connectivity index (χ4n) is 2.23. The van der Waals surface area contributed by atoms with Crippen molar-refractivity contribution >= 4 is 15.7 Å². The van der Waals surface area contributed by atoms with Gasteiger partial charge >= 0.3 is 0 Å². The zero-order valence-corrected chi connectivity index (χ0v) is 11.0. The Hall–Kier alpha value is -0.620. The van der Waals surface area contributed by atoms with Crippen LogP contribution in [0.1, 0.15) is 25.7 Å². The second-order valence-electron chi connectivity index (χ2n) is 4.82. The molecule has 0 aliphatic heterocycles. The van der Waals surface area contributed by atoms with Gasteiger partial charge in [-0.2, -0.15) is 0 Å². The van der Waals surface area contributed by atoms with Crippen LogP contribution in [0.3, 0.4) is 0 Å². The molecule has 0 saturated heterocycles. The second-order valence-corrected chi connectivity index (χ2v) is 7.08. The number of aliphatic hydroxyl groups excluding tert-OH is 1. The van der Waals surface area contributed by atoms with E-state index >= 15 is 0 Å². The molecular weight excluding hydrogens is 242 g/mol. The standard InChI is InChI=1S/C11H21NO4S/c1-17(15,16)6-5-11(14)12-7-9-3-2-4-10(9)8-13/h9-10,13H,2-8H2,1H3,(H,12,14). The molecule has 5 nitrogen and oxygen atoms in total. The van der Waals surface area contributed by atoms with Crippen LogP contribution in [0.5, 0.6) is 0 Å². The van der Waals surface area contributed by atoms with Gasteiger partial charge in [-0.25, -0.2) is 8.42 Å². The molecule has 1 saturated carbocycles. The number of sulfone groups is 1. The highest BCUT2D eigenvalue weighted by Gasteiger charge is 2.26. The Morgan fingerprint density at radius 1 is 1.35 bits per heavy atom. The largest absolute Gasteiger partial charge is 0.396 e. The van der Waals surface area contributed by atoms with Gasteiger partial charge in [0.2, 0.25) is 5.91 Å². The SMILES string of the molecule is CS(=O)(=O)CCC(=O)NCC1CCCC1CO. The average molecular weight is 263 g/mol. The van der Waals surface area contributed by atoms with Crippen LogP contribution in [0, 0.1) is 11.8 Å². The number of carbonyl (C=O) groups is 1. The summed E-state index contributed by atoms with van der Waals surface area (Å²) in [4.78, 5) is 11.4. The van der Waals surface area contributed by atoms with E-state index in [1.165, 1.54) is 0 Å². The summed E-state index contributed by atoms with van der Waals surface area (Å²) in [6.07, 6.45) is 4.28. The molecule has 1 aliphatic rings. The van der Waals surface area contributed by atoms with E-state index in [-0.39, 0.29) is 30.6 Å². The topological polar surface area (TPSA) is 83.5 Å². The lowest BCUT2D eigenvalue weighted by atomic mass is 9.97. The molecule has 1 rings (SSSR count). The quantitative estimate of drug-likeness (QED) is 0.703. The zero-order valence-electron chi connectivity index (χ0n) is 10.2. The molecule has 6 heteroatoms. The lowest BCUT2D eigenvalue weighted by Crippen LogP contribution is -2.32. The van der Waals surface area contributed by atoms with E-state index in [4.69, 9.17) is 5.11 Å². The normalized spacial score (nSPS) is 24.8. The highest BCUT2D eigenvalue weighted by Crippen LogP contribution is 2.30. The van der Waals surface area contributed by atoms with Gasteiger partial charge in [0.25, 0.3) is 0 Å². The van der Waals surface area contributed by atoms with Crippen molar-refractivity contribution in [1.82, 2.24) is 5.32 Å². The van der Waals surface area contributed by atoms with Crippen LogP contribution in [-0.2, 0) is 14.6 Å². The van der Waals surface area contributed by atoms with E-state index in [2.05, 4.69) is 5.32 Å². The molecule has 0 spiro atoms. The molecule has 1 amide bonds. The summed E-state index contributed by atoms with van der Waals surface area (Å²) >= 11 is 0. The lowest BCUT2D eigenvalue weighted by Gasteiger charge is -2.17. The van der Waals surface area contributed by atoms with Crippen LogP contribution < -0.4 is 5.32 Å². The van der Waals surface area contributed by atoms with Crippen LogP contribution in [0.25, 0.3) is 0 Å². The molecule has 2 unspecified atom stereocenters. The number of carbonyl (C=O) groups excluding carboxylic acids is 1. The minimum Gasteiger partial charge on any atom is -0.396 e. The van der Waals surface area contributed by atoms with Gasteiger partial charge in [0.15, 0.2) is 0 Å². The predicted octanol–water partition coefficient (Wildman–Crippen LogP) is -0.0541. The van der Waals surface area contributed by atoms with E-state index in [1.54, 1.807) is 0 Å². The molecule has 0 aromatic carbocycles. The fraction of sp³-hybridized carbons (Fsp3) is 0.909. The number of aliphatic hydroxyl groups is 1. The van der Waals surface area contributed by atoms with Crippen molar-refractivity contribution in [1.29, 1.82) is 0 Å². The van der Waals surface area contributed by atoms with Crippen molar-refractivity contribution in [3.8, 4) is 0 Å². The van der Waals surface area contributed by atoms with Gasteiger partial charge in [-0.15, -0.1) is 0 Å². The van der Waals surface area contributed by atoms with E-state index in [1.807, 2.05) is 0 Å². The Balaban J connectivity index is 2.24. The summed E-state index contributed by atoms with van der Waals surface area (Å²) in [5, 5.41) is 11.9. The predicted molar refractivity (Wildman–Crippen MR) is 65.3 cm³/mol. The van der Waals surface area contributed by atoms with Crippen LogP contribution in [0.15, 0.2) is 0 Å². The minimum atomic E-state index is -3.07. The molecule has 0 bridgehead atoms. The first-order chi connectivity index (χ1) is 7.92. The molecule has 1 fully saturated rings. The summed E-state index contributed by atoms with van der Waals surface area (Å²) in [7, 11) is -3.07. The highest BCUT2D eigenvalue weighted by molar-refractivity contribution is 7.90. The average Bonchev–Trinajstić information content (AvgIpc) is 2.69. The molecule has 1 aliphatic carbocycles. The van der Waals surface area contributed by atoms with Gasteiger partial charge in [0.05, 0.1) is 5.75 Å². The smallest absolute Gasteiger partial charge is 0.221 e. The highest BCUT2D eigenvalue weighted by atomic mass is 32.2. The Morgan fingerprint density at radius 2 is 2.00 bits per heavy atom. The molecule has 2 atom stereocenters. The summed E-state index contributed by atoms with van der Waals surface area (Å²) in [6, 6.07) is 0. The summed E-state index contributed by atoms with van der Waals surface area (Å²) in [5.74, 6) is 0.291. The number of rotatable bonds is 6. The van der Waals surface area contributed by atoms with Crippen molar-refractivity contribution in [2.45, 2.75) is 25.7 Å². The third kappa shape index (κ3) is 5.50. The first kappa shape index (κ1) is 14.4. The van der Waals surface area contributed by atoms with Crippen LogP contribution in [-0.4, -0.2) is 44.6 Å². The van der Waals surface area contributed by atoms with Crippen molar-refractivity contribution in [2.24, 2.45) is 11.8 Å². The molecule has 17 heavy (non-hydrogen) atoms. The first-order valence-electron chi connectivity index (χ1n) is 5.97. The zero-order chi connectivity index (χ0) is 12.9. The second kappa shape index (κ2) is 6.35. The third-order valence-electron chi connectivity index (χ3n) is 3.31. The number of hydrogen-bond acceptors (Lipinski definition) is 4. The van der Waals surface area contributed by atoms with Crippen LogP contribution >= 0.6 is 0 Å². The third-order valence-corrected chi connectivity index (χ3v) is 4.26. The summed E-state index contributed by atoms with van der Waals surface area (Å²) in [5.41, 5.74) is 0. The van der Waals surface area contributed by atoms with E-state index in [9.17, 15) is 13.2 Å². The first-order valence-corrected chi connectivity index (χ1v) is 8.03. The fourth-order valence-corrected chi connectivity index (χ4v) is 2.79. The van der Waals surface area contributed by atoms with Crippen molar-refractivity contribution in [2.75, 3.05) is 25.2 Å². The number of nitrogens with one attached hydrogen (secondary N) is 1. The number of hydrogen-bond donors (Lipinski definition) is 2. The van der Waals surface area contributed by atoms with Crippen LogP contribution in [0.4, 0.5) is 0 Å². The molecule has 0 aromatic rings. The van der Waals surface area contributed by atoms with E-state index in [0.717, 1.165) is 25.5 Å². The van der Waals surface area contributed by atoms with Crippen molar-refractivity contribution < 1.29 is 18.3 Å². The van der Waals surface area contributed by atoms with Crippen LogP contribution in [0.2, 0.25) is 0 Å². The molecule has 2 N–H and O–H groups in total. The van der Waals surface area contributed by atoms with Gasteiger partial charge in [-0.05, 0) is 24.7 Å². The minimum absolute atomic E-state index is 0.0232. The molecule has 0 aromatic heterocycles. The lowest BCUT2D eigenvalue weighted by molar-refractivity contribution is -0.120. The van der Waals surface area contributed by atoms with Gasteiger partial charge < -0.3 is 10.4 Å². The Labute approximate surface area is 103 Å².